The molecule has 0 unspecified atom stereocenters. The summed E-state index contributed by atoms with van der Waals surface area (Å²) in [4.78, 5) is 28.8. The van der Waals surface area contributed by atoms with Gasteiger partial charge in [0.2, 0.25) is 5.91 Å². The molecule has 6 nitrogen and oxygen atoms in total. The predicted octanol–water partition coefficient (Wildman–Crippen LogP) is 4.57. The number of amides is 2. The minimum Gasteiger partial charge on any atom is -0.397 e. The number of nitrogens with two attached hydrogens (primary N) is 1. The van der Waals surface area contributed by atoms with E-state index in [0.717, 1.165) is 36.0 Å². The Kier molecular flexibility index (Phi) is 7.76. The molecule has 0 saturated carbocycles. The van der Waals surface area contributed by atoms with Crippen molar-refractivity contribution in [3.05, 3.63) is 78.1 Å². The SMILES string of the molecule is Cc1c(C(=O)NCCCCCC(=O)Nc2ccccc2N)cccc1-c1cccnc1. The molecule has 0 fully saturated rings. The normalized spacial score (nSPS) is 10.5. The van der Waals surface area contributed by atoms with Gasteiger partial charge in [-0.25, -0.2) is 0 Å². The molecule has 2 aromatic carbocycles. The summed E-state index contributed by atoms with van der Waals surface area (Å²) in [5, 5.41) is 5.81. The minimum absolute atomic E-state index is 0.0511. The zero-order chi connectivity index (χ0) is 22.1. The van der Waals surface area contributed by atoms with Gasteiger partial charge in [0.1, 0.15) is 0 Å². The zero-order valence-electron chi connectivity index (χ0n) is 17.7. The number of aromatic nitrogens is 1. The van der Waals surface area contributed by atoms with Crippen LogP contribution >= 0.6 is 0 Å². The molecule has 0 aliphatic rings. The van der Waals surface area contributed by atoms with Gasteiger partial charge in [0, 0.05) is 36.5 Å². The average Bonchev–Trinajstić information content (AvgIpc) is 2.78. The van der Waals surface area contributed by atoms with Crippen LogP contribution in [0.5, 0.6) is 0 Å². The van der Waals surface area contributed by atoms with Crippen molar-refractivity contribution in [2.45, 2.75) is 32.6 Å². The molecular weight excluding hydrogens is 388 g/mol. The Labute approximate surface area is 182 Å². The number of nitrogens with zero attached hydrogens (tertiary/aromatic N) is 1. The molecule has 1 heterocycles. The molecule has 0 aliphatic heterocycles. The number of unbranched alkanes of at least 4 members (excludes halogenated alkanes) is 2. The highest BCUT2D eigenvalue weighted by molar-refractivity contribution is 5.97. The Morgan fingerprint density at radius 2 is 1.81 bits per heavy atom. The van der Waals surface area contributed by atoms with Crippen LogP contribution in [0.3, 0.4) is 0 Å². The largest absolute Gasteiger partial charge is 0.397 e. The second kappa shape index (κ2) is 10.9. The maximum atomic E-state index is 12.6. The molecule has 2 amide bonds. The van der Waals surface area contributed by atoms with Crippen molar-refractivity contribution in [2.75, 3.05) is 17.6 Å². The lowest BCUT2D eigenvalue weighted by molar-refractivity contribution is -0.116. The fraction of sp³-hybridized carbons (Fsp3) is 0.240. The van der Waals surface area contributed by atoms with Crippen molar-refractivity contribution >= 4 is 23.2 Å². The highest BCUT2D eigenvalue weighted by atomic mass is 16.2. The Morgan fingerprint density at radius 1 is 0.968 bits per heavy atom. The summed E-state index contributed by atoms with van der Waals surface area (Å²) >= 11 is 0. The maximum Gasteiger partial charge on any atom is 0.251 e. The number of hydrogen-bond donors (Lipinski definition) is 3. The minimum atomic E-state index is -0.0828. The fourth-order valence-corrected chi connectivity index (χ4v) is 3.42. The fourth-order valence-electron chi connectivity index (χ4n) is 3.42. The summed E-state index contributed by atoms with van der Waals surface area (Å²) in [5.74, 6) is -0.134. The monoisotopic (exact) mass is 416 g/mol. The lowest BCUT2D eigenvalue weighted by atomic mass is 9.97. The third-order valence-electron chi connectivity index (χ3n) is 5.15. The van der Waals surface area contributed by atoms with Crippen molar-refractivity contribution in [3.8, 4) is 11.1 Å². The number of benzene rings is 2. The van der Waals surface area contributed by atoms with Gasteiger partial charge in [-0.15, -0.1) is 0 Å². The molecule has 0 aliphatic carbocycles. The van der Waals surface area contributed by atoms with Gasteiger partial charge in [-0.3, -0.25) is 14.6 Å². The van der Waals surface area contributed by atoms with Crippen molar-refractivity contribution in [1.82, 2.24) is 10.3 Å². The Morgan fingerprint density at radius 3 is 2.58 bits per heavy atom. The number of anilines is 2. The van der Waals surface area contributed by atoms with E-state index in [1.807, 2.05) is 49.4 Å². The lowest BCUT2D eigenvalue weighted by Gasteiger charge is -2.12. The van der Waals surface area contributed by atoms with E-state index in [1.54, 1.807) is 24.5 Å². The highest BCUT2D eigenvalue weighted by Crippen LogP contribution is 2.25. The molecule has 0 radical (unpaired) electrons. The van der Waals surface area contributed by atoms with Crippen LogP contribution in [0.1, 0.15) is 41.6 Å². The number of hydrogen-bond acceptors (Lipinski definition) is 4. The number of nitrogen functional groups attached to an aromatic ring is 1. The third-order valence-corrected chi connectivity index (χ3v) is 5.15. The topological polar surface area (TPSA) is 97.1 Å². The molecule has 3 aromatic rings. The van der Waals surface area contributed by atoms with E-state index >= 15 is 0 Å². The van der Waals surface area contributed by atoms with E-state index in [1.165, 1.54) is 0 Å². The summed E-state index contributed by atoms with van der Waals surface area (Å²) in [6.07, 6.45) is 6.38. The van der Waals surface area contributed by atoms with E-state index in [-0.39, 0.29) is 11.8 Å². The van der Waals surface area contributed by atoms with Crippen molar-refractivity contribution in [3.63, 3.8) is 0 Å². The summed E-state index contributed by atoms with van der Waals surface area (Å²) in [5.41, 5.74) is 10.6. The van der Waals surface area contributed by atoms with Crippen molar-refractivity contribution in [1.29, 1.82) is 0 Å². The molecular formula is C25H28N4O2. The van der Waals surface area contributed by atoms with Gasteiger partial charge in [-0.05, 0) is 55.2 Å². The van der Waals surface area contributed by atoms with Crippen LogP contribution in [0.25, 0.3) is 11.1 Å². The van der Waals surface area contributed by atoms with Crippen LogP contribution in [0.15, 0.2) is 67.0 Å². The first-order valence-corrected chi connectivity index (χ1v) is 10.5. The maximum absolute atomic E-state index is 12.6. The van der Waals surface area contributed by atoms with Crippen LogP contribution < -0.4 is 16.4 Å². The Bertz CT molecular complexity index is 1030. The third kappa shape index (κ3) is 6.15. The molecule has 0 saturated heterocycles. The van der Waals surface area contributed by atoms with Gasteiger partial charge in [0.15, 0.2) is 0 Å². The van der Waals surface area contributed by atoms with Crippen molar-refractivity contribution in [2.24, 2.45) is 0 Å². The molecule has 0 spiro atoms. The average molecular weight is 417 g/mol. The number of carbonyl (C=O) groups is 2. The number of pyridine rings is 1. The molecule has 4 N–H and O–H groups in total. The van der Waals surface area contributed by atoms with Gasteiger partial charge >= 0.3 is 0 Å². The van der Waals surface area contributed by atoms with Crippen LogP contribution in [0.2, 0.25) is 0 Å². The molecule has 0 bridgehead atoms. The molecule has 0 atom stereocenters. The molecule has 3 rings (SSSR count). The zero-order valence-corrected chi connectivity index (χ0v) is 17.7. The Hall–Kier alpha value is -3.67. The van der Waals surface area contributed by atoms with Crippen LogP contribution in [0, 0.1) is 6.92 Å². The number of rotatable bonds is 9. The summed E-state index contributed by atoms with van der Waals surface area (Å²) in [7, 11) is 0. The summed E-state index contributed by atoms with van der Waals surface area (Å²) in [6, 6.07) is 16.8. The van der Waals surface area contributed by atoms with Gasteiger partial charge in [-0.1, -0.05) is 36.8 Å². The number of carbonyl (C=O) groups excluding carboxylic acids is 2. The molecule has 1 aromatic heterocycles. The number of para-hydroxylation sites is 2. The van der Waals surface area contributed by atoms with Gasteiger partial charge in [-0.2, -0.15) is 0 Å². The standard InChI is InChI=1S/C25H28N4O2/c1-18-20(19-9-8-15-27-17-19)10-7-11-21(18)25(31)28-16-6-2-3-14-24(30)29-23-13-5-4-12-22(23)26/h4-5,7-13,15,17H,2-3,6,14,16,26H2,1H3,(H,28,31)(H,29,30). The molecule has 31 heavy (non-hydrogen) atoms. The summed E-state index contributed by atoms with van der Waals surface area (Å²) < 4.78 is 0. The van der Waals surface area contributed by atoms with Gasteiger partial charge < -0.3 is 16.4 Å². The van der Waals surface area contributed by atoms with Crippen LogP contribution in [-0.4, -0.2) is 23.3 Å². The second-order valence-electron chi connectivity index (χ2n) is 7.42. The van der Waals surface area contributed by atoms with E-state index in [9.17, 15) is 9.59 Å². The first kappa shape index (κ1) is 22.0. The van der Waals surface area contributed by atoms with E-state index < -0.39 is 0 Å². The van der Waals surface area contributed by atoms with Gasteiger partial charge in [0.05, 0.1) is 11.4 Å². The van der Waals surface area contributed by atoms with E-state index in [0.29, 0.717) is 29.9 Å². The van der Waals surface area contributed by atoms with E-state index in [2.05, 4.69) is 15.6 Å². The first-order valence-electron chi connectivity index (χ1n) is 10.5. The summed E-state index contributed by atoms with van der Waals surface area (Å²) in [6.45, 7) is 2.53. The van der Waals surface area contributed by atoms with Crippen molar-refractivity contribution < 1.29 is 9.59 Å². The van der Waals surface area contributed by atoms with Gasteiger partial charge in [0.25, 0.3) is 5.91 Å². The molecule has 160 valence electrons. The smallest absolute Gasteiger partial charge is 0.251 e. The first-order chi connectivity index (χ1) is 15.1. The van der Waals surface area contributed by atoms with Crippen LogP contribution in [0.4, 0.5) is 11.4 Å². The second-order valence-corrected chi connectivity index (χ2v) is 7.42. The highest BCUT2D eigenvalue weighted by Gasteiger charge is 2.12. The van der Waals surface area contributed by atoms with Crippen LogP contribution in [-0.2, 0) is 4.79 Å². The lowest BCUT2D eigenvalue weighted by Crippen LogP contribution is -2.25. The quantitative estimate of drug-likeness (QED) is 0.352. The Balaban J connectivity index is 1.41. The number of nitrogens with one attached hydrogen (secondary N) is 2. The predicted molar refractivity (Wildman–Crippen MR) is 125 cm³/mol. The van der Waals surface area contributed by atoms with E-state index in [4.69, 9.17) is 5.73 Å². The molecule has 6 heteroatoms.